The predicted octanol–water partition coefficient (Wildman–Crippen LogP) is 3.12. The van der Waals surface area contributed by atoms with Gasteiger partial charge in [-0.25, -0.2) is 0 Å². The summed E-state index contributed by atoms with van der Waals surface area (Å²) in [5.74, 6) is 0. The van der Waals surface area contributed by atoms with Gasteiger partial charge in [-0.1, -0.05) is 54.6 Å². The third kappa shape index (κ3) is 6.33. The molecule has 0 aliphatic carbocycles. The van der Waals surface area contributed by atoms with E-state index in [4.69, 9.17) is 7.30 Å². The average Bonchev–Trinajstić information content (AvgIpc) is 2.59. The topological polar surface area (TPSA) is 37.3 Å². The fourth-order valence-electron chi connectivity index (χ4n) is 2.31. The fraction of sp³-hybridized carbons (Fsp3) is 0. The van der Waals surface area contributed by atoms with Crippen LogP contribution >= 0.6 is 31.9 Å². The van der Waals surface area contributed by atoms with Gasteiger partial charge >= 0.3 is 25.6 Å². The van der Waals surface area contributed by atoms with Crippen LogP contribution in [0.25, 0.3) is 0 Å². The van der Waals surface area contributed by atoms with Crippen molar-refractivity contribution in [1.82, 2.24) is 0 Å². The van der Waals surface area contributed by atoms with Crippen molar-refractivity contribution >= 4 is 47.8 Å². The van der Waals surface area contributed by atoms with Gasteiger partial charge in [-0.15, -0.1) is 24.0 Å². The number of rotatable bonds is 3. The van der Waals surface area contributed by atoms with Crippen LogP contribution < -0.4 is 15.9 Å². The summed E-state index contributed by atoms with van der Waals surface area (Å²) < 4.78 is 15.8. The summed E-state index contributed by atoms with van der Waals surface area (Å²) in [7, 11) is -0.877. The standard InChI is InChI=1S/C18H15P.HI.H2O.O.Re/c1-4-10-16(11-5-1)19(17-12-6-2-7-13-17)18-14-8-3-9-15-18;;;;/h1-15H;1H;1H2;;/q;;;;+1. The summed E-state index contributed by atoms with van der Waals surface area (Å²) in [5.41, 5.74) is 0. The van der Waals surface area contributed by atoms with E-state index in [-0.39, 0.29) is 24.0 Å². The molecule has 23 heavy (non-hydrogen) atoms. The van der Waals surface area contributed by atoms with Crippen molar-refractivity contribution in [3.8, 4) is 0 Å². The van der Waals surface area contributed by atoms with Crippen molar-refractivity contribution in [2.75, 3.05) is 0 Å². The Hall–Kier alpha value is -0.758. The second-order valence-electron chi connectivity index (χ2n) is 4.54. The number of halogens is 1. The number of hydrogen-bond acceptors (Lipinski definition) is 1. The molecule has 0 aliphatic heterocycles. The molecule has 0 aliphatic rings. The minimum absolute atomic E-state index is 0. The van der Waals surface area contributed by atoms with E-state index >= 15 is 0 Å². The van der Waals surface area contributed by atoms with Gasteiger partial charge in [-0.2, -0.15) is 0 Å². The maximum Gasteiger partial charge on any atom is 0.102 e. The molecule has 0 radical (unpaired) electrons. The maximum atomic E-state index is 8.64. The zero-order valence-electron chi connectivity index (χ0n) is 12.3. The van der Waals surface area contributed by atoms with Crippen molar-refractivity contribution in [2.24, 2.45) is 0 Å². The summed E-state index contributed by atoms with van der Waals surface area (Å²) >= 11 is -1.92. The van der Waals surface area contributed by atoms with Gasteiger partial charge in [0, 0.05) is 0 Å². The van der Waals surface area contributed by atoms with Crippen molar-refractivity contribution in [2.45, 2.75) is 0 Å². The van der Waals surface area contributed by atoms with Crippen LogP contribution in [-0.2, 0) is 21.8 Å². The van der Waals surface area contributed by atoms with Gasteiger partial charge in [0.1, 0.15) is 15.9 Å². The first-order chi connectivity index (χ1) is 10.9. The molecular weight excluding hydrogens is 592 g/mol. The molecule has 1 N–H and O–H groups in total. The Labute approximate surface area is 163 Å². The number of hydrogen-bond donors (Lipinski definition) is 1. The van der Waals surface area contributed by atoms with Gasteiger partial charge in [-0.3, -0.25) is 0 Å². The van der Waals surface area contributed by atoms with Crippen LogP contribution in [0.3, 0.4) is 0 Å². The van der Waals surface area contributed by atoms with Crippen LogP contribution in [0.5, 0.6) is 0 Å². The summed E-state index contributed by atoms with van der Waals surface area (Å²) in [6.45, 7) is 0. The van der Waals surface area contributed by atoms with Crippen molar-refractivity contribution in [1.29, 1.82) is 0 Å². The van der Waals surface area contributed by atoms with Crippen molar-refractivity contribution in [3.05, 3.63) is 91.0 Å². The largest absolute Gasteiger partial charge is 0.102 e. The third-order valence-corrected chi connectivity index (χ3v) is 5.92. The smallest absolute Gasteiger partial charge is 0.0620 e. The molecule has 0 fully saturated rings. The van der Waals surface area contributed by atoms with Gasteiger partial charge < -0.3 is 0 Å². The molecule has 2 nitrogen and oxygen atoms in total. The van der Waals surface area contributed by atoms with E-state index in [0.29, 0.717) is 0 Å². The van der Waals surface area contributed by atoms with Crippen LogP contribution in [-0.4, -0.2) is 3.83 Å². The van der Waals surface area contributed by atoms with Crippen LogP contribution in [0.15, 0.2) is 91.0 Å². The van der Waals surface area contributed by atoms with Crippen molar-refractivity contribution in [3.63, 3.8) is 0 Å². The minimum Gasteiger partial charge on any atom is -0.0620 e. The third-order valence-electron chi connectivity index (χ3n) is 3.19. The normalized spacial score (nSPS) is 9.48. The first-order valence-corrected chi connectivity index (χ1v) is 10.6. The fourth-order valence-corrected chi connectivity index (χ4v) is 4.89. The molecule has 0 aromatic heterocycles. The molecule has 5 heteroatoms. The van der Waals surface area contributed by atoms with E-state index in [1.54, 1.807) is 0 Å². The van der Waals surface area contributed by atoms with Crippen LogP contribution in [0.4, 0.5) is 0 Å². The number of benzene rings is 3. The molecule has 120 valence electrons. The van der Waals surface area contributed by atoms with E-state index < -0.39 is 26.2 Å². The molecule has 0 spiro atoms. The zero-order chi connectivity index (χ0) is 15.6. The maximum absolute atomic E-state index is 8.64. The van der Waals surface area contributed by atoms with Gasteiger partial charge in [-0.05, 0) is 36.4 Å². The van der Waals surface area contributed by atoms with Gasteiger partial charge in [0.15, 0.2) is 0 Å². The molecule has 0 heterocycles. The summed E-state index contributed by atoms with van der Waals surface area (Å²) in [5, 5.41) is 4.31. The summed E-state index contributed by atoms with van der Waals surface area (Å²) in [4.78, 5) is 0. The Morgan fingerprint density at radius 3 is 1.04 bits per heavy atom. The Kier molecular flexibility index (Phi) is 10.3. The zero-order valence-corrected chi connectivity index (χ0v) is 18.3. The van der Waals surface area contributed by atoms with E-state index in [1.165, 1.54) is 15.9 Å². The molecule has 0 amide bonds. The summed E-state index contributed by atoms with van der Waals surface area (Å²) in [6, 6.07) is 32.5. The Bertz CT molecular complexity index is 587. The predicted molar refractivity (Wildman–Crippen MR) is 105 cm³/mol. The molecule has 0 saturated carbocycles. The average molecular weight is 610 g/mol. The van der Waals surface area contributed by atoms with E-state index in [9.17, 15) is 0 Å². The van der Waals surface area contributed by atoms with Gasteiger partial charge in [0.2, 0.25) is 0 Å². The Morgan fingerprint density at radius 1 is 0.609 bits per heavy atom. The minimum atomic E-state index is -1.92. The molecule has 0 bridgehead atoms. The summed E-state index contributed by atoms with van der Waals surface area (Å²) in [6.07, 6.45) is 0. The SMILES string of the molecule is I.[O]=[Re][OH].c1ccc([PH+](c2ccccc2)c2ccccc2)cc1. The van der Waals surface area contributed by atoms with E-state index in [0.717, 1.165) is 0 Å². The van der Waals surface area contributed by atoms with Crippen LogP contribution in [0, 0.1) is 0 Å². The first-order valence-electron chi connectivity index (χ1n) is 6.81. The molecule has 3 aromatic carbocycles. The monoisotopic (exact) mass is 611 g/mol. The van der Waals surface area contributed by atoms with Crippen LogP contribution in [0.2, 0.25) is 0 Å². The molecule has 3 rings (SSSR count). The second kappa shape index (κ2) is 11.7. The first kappa shape index (κ1) is 20.3. The van der Waals surface area contributed by atoms with E-state index in [2.05, 4.69) is 91.0 Å². The second-order valence-corrected chi connectivity index (χ2v) is 7.52. The molecule has 0 saturated heterocycles. The van der Waals surface area contributed by atoms with Gasteiger partial charge in [0.25, 0.3) is 0 Å². The van der Waals surface area contributed by atoms with Gasteiger partial charge in [0.05, 0.1) is 7.92 Å². The Morgan fingerprint density at radius 2 is 0.826 bits per heavy atom. The molecule has 0 atom stereocenters. The van der Waals surface area contributed by atoms with E-state index in [1.807, 2.05) is 0 Å². The van der Waals surface area contributed by atoms with Crippen LogP contribution in [0.1, 0.15) is 0 Å². The quantitative estimate of drug-likeness (QED) is 0.366. The molecule has 3 aromatic rings. The van der Waals surface area contributed by atoms with Crippen molar-refractivity contribution < 1.29 is 25.6 Å². The Balaban J connectivity index is 0.000000615. The molecular formula is C18H18IO2PRe+. The molecule has 0 unspecified atom stereocenters.